The van der Waals surface area contributed by atoms with Crippen molar-refractivity contribution in [3.8, 4) is 0 Å². The highest BCUT2D eigenvalue weighted by molar-refractivity contribution is 7.89. The van der Waals surface area contributed by atoms with Crippen LogP contribution in [0, 0.1) is 18.6 Å². The van der Waals surface area contributed by atoms with Crippen LogP contribution < -0.4 is 4.72 Å². The van der Waals surface area contributed by atoms with Gasteiger partial charge in [0.15, 0.2) is 0 Å². The first kappa shape index (κ1) is 16.5. The standard InChI is InChI=1S/C13H16F2N4O2S/c1-3-13-18-16-8-19(13)5-4-17-22(20,21)12-6-9(2)10(14)7-11(12)15/h6-8,17H,3-5H2,1-2H3. The third kappa shape index (κ3) is 3.47. The van der Waals surface area contributed by atoms with Crippen LogP contribution in [-0.4, -0.2) is 29.7 Å². The van der Waals surface area contributed by atoms with Crippen LogP contribution in [0.25, 0.3) is 0 Å². The number of sulfonamides is 1. The minimum absolute atomic E-state index is 0.0449. The van der Waals surface area contributed by atoms with Gasteiger partial charge in [-0.2, -0.15) is 0 Å². The summed E-state index contributed by atoms with van der Waals surface area (Å²) in [6.07, 6.45) is 2.16. The largest absolute Gasteiger partial charge is 0.316 e. The van der Waals surface area contributed by atoms with Gasteiger partial charge in [-0.05, 0) is 18.6 Å². The second-order valence-corrected chi connectivity index (χ2v) is 6.46. The summed E-state index contributed by atoms with van der Waals surface area (Å²) in [5, 5.41) is 7.61. The quantitative estimate of drug-likeness (QED) is 0.869. The molecule has 1 aromatic heterocycles. The van der Waals surface area contributed by atoms with Crippen molar-refractivity contribution in [3.05, 3.63) is 41.5 Å². The van der Waals surface area contributed by atoms with E-state index in [9.17, 15) is 17.2 Å². The summed E-state index contributed by atoms with van der Waals surface area (Å²) in [6.45, 7) is 3.64. The molecule has 0 fully saturated rings. The minimum Gasteiger partial charge on any atom is -0.316 e. The fourth-order valence-electron chi connectivity index (χ4n) is 1.95. The van der Waals surface area contributed by atoms with Crippen molar-refractivity contribution in [1.82, 2.24) is 19.5 Å². The molecule has 0 aliphatic heterocycles. The van der Waals surface area contributed by atoms with E-state index in [1.165, 1.54) is 13.3 Å². The number of aryl methyl sites for hydroxylation is 2. The average Bonchev–Trinajstić information content (AvgIpc) is 2.90. The molecule has 0 aliphatic carbocycles. The molecule has 0 bridgehead atoms. The van der Waals surface area contributed by atoms with Gasteiger partial charge in [0.05, 0.1) is 0 Å². The maximum Gasteiger partial charge on any atom is 0.243 e. The predicted octanol–water partition coefficient (Wildman–Crippen LogP) is 1.41. The molecule has 2 aromatic rings. The highest BCUT2D eigenvalue weighted by atomic mass is 32.2. The molecule has 1 N–H and O–H groups in total. The molecule has 0 aliphatic rings. The molecule has 1 heterocycles. The summed E-state index contributed by atoms with van der Waals surface area (Å²) in [5.74, 6) is -1.18. The average molecular weight is 330 g/mol. The van der Waals surface area contributed by atoms with E-state index in [-0.39, 0.29) is 12.1 Å². The molecule has 0 atom stereocenters. The summed E-state index contributed by atoms with van der Waals surface area (Å²) in [5.41, 5.74) is 0.0638. The van der Waals surface area contributed by atoms with Gasteiger partial charge in [-0.15, -0.1) is 10.2 Å². The normalized spacial score (nSPS) is 11.8. The highest BCUT2D eigenvalue weighted by Gasteiger charge is 2.20. The summed E-state index contributed by atoms with van der Waals surface area (Å²) in [7, 11) is -4.05. The molecule has 9 heteroatoms. The van der Waals surface area contributed by atoms with Crippen molar-refractivity contribution in [2.24, 2.45) is 0 Å². The molecule has 2 rings (SSSR count). The Morgan fingerprint density at radius 1 is 1.27 bits per heavy atom. The van der Waals surface area contributed by atoms with E-state index in [1.54, 1.807) is 4.57 Å². The SMILES string of the molecule is CCc1nncn1CCNS(=O)(=O)c1cc(C)c(F)cc1F. The van der Waals surface area contributed by atoms with Crippen molar-refractivity contribution in [1.29, 1.82) is 0 Å². The molecular formula is C13H16F2N4O2S. The van der Waals surface area contributed by atoms with E-state index in [1.807, 2.05) is 6.92 Å². The fourth-order valence-corrected chi connectivity index (χ4v) is 3.12. The van der Waals surface area contributed by atoms with Crippen LogP contribution in [0.3, 0.4) is 0 Å². The molecular weight excluding hydrogens is 314 g/mol. The Labute approximate surface area is 127 Å². The molecule has 0 saturated carbocycles. The molecule has 6 nitrogen and oxygen atoms in total. The molecule has 0 saturated heterocycles. The van der Waals surface area contributed by atoms with Crippen LogP contribution in [0.2, 0.25) is 0 Å². The van der Waals surface area contributed by atoms with Gasteiger partial charge < -0.3 is 4.57 Å². The zero-order valence-corrected chi connectivity index (χ0v) is 13.0. The van der Waals surface area contributed by atoms with Gasteiger partial charge in [0, 0.05) is 25.6 Å². The number of nitrogens with one attached hydrogen (secondary N) is 1. The Kier molecular flexibility index (Phi) is 4.87. The summed E-state index contributed by atoms with van der Waals surface area (Å²) in [4.78, 5) is -0.564. The third-order valence-corrected chi connectivity index (χ3v) is 4.64. The van der Waals surface area contributed by atoms with Crippen LogP contribution in [0.15, 0.2) is 23.4 Å². The van der Waals surface area contributed by atoms with Gasteiger partial charge in [-0.3, -0.25) is 0 Å². The zero-order chi connectivity index (χ0) is 16.3. The number of hydrogen-bond acceptors (Lipinski definition) is 4. The number of hydrogen-bond donors (Lipinski definition) is 1. The predicted molar refractivity (Wildman–Crippen MR) is 75.7 cm³/mol. The van der Waals surface area contributed by atoms with Gasteiger partial charge in [-0.1, -0.05) is 6.92 Å². The Morgan fingerprint density at radius 3 is 2.68 bits per heavy atom. The molecule has 0 unspecified atom stereocenters. The second kappa shape index (κ2) is 6.49. The first-order chi connectivity index (χ1) is 10.3. The van der Waals surface area contributed by atoms with Gasteiger partial charge >= 0.3 is 0 Å². The Hall–Kier alpha value is -1.87. The number of rotatable bonds is 6. The zero-order valence-electron chi connectivity index (χ0n) is 12.2. The third-order valence-electron chi connectivity index (χ3n) is 3.16. The first-order valence-electron chi connectivity index (χ1n) is 6.67. The van der Waals surface area contributed by atoms with Crippen molar-refractivity contribution in [2.45, 2.75) is 31.7 Å². The van der Waals surface area contributed by atoms with Gasteiger partial charge in [0.25, 0.3) is 0 Å². The summed E-state index contributed by atoms with van der Waals surface area (Å²) >= 11 is 0. The molecule has 0 spiro atoms. The lowest BCUT2D eigenvalue weighted by atomic mass is 10.2. The van der Waals surface area contributed by atoms with Crippen molar-refractivity contribution >= 4 is 10.0 Å². The number of benzene rings is 1. The summed E-state index contributed by atoms with van der Waals surface area (Å²) < 4.78 is 55.0. The van der Waals surface area contributed by atoms with E-state index >= 15 is 0 Å². The van der Waals surface area contributed by atoms with E-state index < -0.39 is 26.6 Å². The van der Waals surface area contributed by atoms with Crippen molar-refractivity contribution in [3.63, 3.8) is 0 Å². The van der Waals surface area contributed by atoms with Gasteiger partial charge in [0.1, 0.15) is 28.7 Å². The van der Waals surface area contributed by atoms with Gasteiger partial charge in [-0.25, -0.2) is 21.9 Å². The second-order valence-electron chi connectivity index (χ2n) is 4.72. The highest BCUT2D eigenvalue weighted by Crippen LogP contribution is 2.18. The maximum absolute atomic E-state index is 13.7. The van der Waals surface area contributed by atoms with Crippen molar-refractivity contribution < 1.29 is 17.2 Å². The molecule has 0 amide bonds. The van der Waals surface area contributed by atoms with Crippen LogP contribution >= 0.6 is 0 Å². The topological polar surface area (TPSA) is 76.9 Å². The lowest BCUT2D eigenvalue weighted by Gasteiger charge is -2.10. The lowest BCUT2D eigenvalue weighted by molar-refractivity contribution is 0.536. The van der Waals surface area contributed by atoms with E-state index in [2.05, 4.69) is 14.9 Å². The Morgan fingerprint density at radius 2 is 2.00 bits per heavy atom. The first-order valence-corrected chi connectivity index (χ1v) is 8.15. The molecule has 22 heavy (non-hydrogen) atoms. The monoisotopic (exact) mass is 330 g/mol. The molecule has 120 valence electrons. The van der Waals surface area contributed by atoms with E-state index in [0.29, 0.717) is 19.0 Å². The van der Waals surface area contributed by atoms with Crippen LogP contribution in [0.4, 0.5) is 8.78 Å². The Balaban J connectivity index is 2.10. The minimum atomic E-state index is -4.05. The fraction of sp³-hybridized carbons (Fsp3) is 0.385. The van der Waals surface area contributed by atoms with E-state index in [0.717, 1.165) is 11.9 Å². The van der Waals surface area contributed by atoms with Crippen LogP contribution in [-0.2, 0) is 23.0 Å². The van der Waals surface area contributed by atoms with Crippen LogP contribution in [0.1, 0.15) is 18.3 Å². The molecule has 0 radical (unpaired) electrons. The molecule has 1 aromatic carbocycles. The van der Waals surface area contributed by atoms with Crippen molar-refractivity contribution in [2.75, 3.05) is 6.54 Å². The smallest absolute Gasteiger partial charge is 0.243 e. The summed E-state index contributed by atoms with van der Waals surface area (Å²) in [6, 6.07) is 1.54. The van der Waals surface area contributed by atoms with Gasteiger partial charge in [0.2, 0.25) is 10.0 Å². The van der Waals surface area contributed by atoms with Crippen LogP contribution in [0.5, 0.6) is 0 Å². The Bertz CT molecular complexity index is 774. The lowest BCUT2D eigenvalue weighted by Crippen LogP contribution is -2.28. The number of nitrogens with zero attached hydrogens (tertiary/aromatic N) is 3. The van der Waals surface area contributed by atoms with E-state index in [4.69, 9.17) is 0 Å². The number of halogens is 2. The number of aromatic nitrogens is 3. The maximum atomic E-state index is 13.7.